The van der Waals surface area contributed by atoms with Gasteiger partial charge in [0.15, 0.2) is 0 Å². The van der Waals surface area contributed by atoms with E-state index in [2.05, 4.69) is 50.4 Å². The van der Waals surface area contributed by atoms with E-state index in [9.17, 15) is 0 Å². The second-order valence-electron chi connectivity index (χ2n) is 4.41. The van der Waals surface area contributed by atoms with E-state index >= 15 is 0 Å². The lowest BCUT2D eigenvalue weighted by atomic mass is 9.99. The maximum absolute atomic E-state index is 3.47. The Kier molecular flexibility index (Phi) is 7.18. The number of hydrogen-bond donors (Lipinski definition) is 1. The first-order valence-electron chi connectivity index (χ1n) is 6.69. The van der Waals surface area contributed by atoms with Gasteiger partial charge in [-0.1, -0.05) is 32.9 Å². The fraction of sp³-hybridized carbons (Fsp3) is 0.600. The molecule has 0 spiro atoms. The molecule has 1 aromatic rings. The van der Waals surface area contributed by atoms with Crippen LogP contribution in [0, 0.1) is 0 Å². The van der Waals surface area contributed by atoms with Crippen LogP contribution in [0.25, 0.3) is 0 Å². The summed E-state index contributed by atoms with van der Waals surface area (Å²) in [5, 5.41) is 3.47. The molecule has 2 heteroatoms. The minimum Gasteiger partial charge on any atom is -0.385 e. The maximum Gasteiger partial charge on any atom is 0.0340 e. The van der Waals surface area contributed by atoms with Crippen LogP contribution in [0.5, 0.6) is 0 Å². The van der Waals surface area contributed by atoms with E-state index in [0.29, 0.717) is 5.92 Å². The van der Waals surface area contributed by atoms with Crippen LogP contribution in [0.1, 0.15) is 45.1 Å². The molecule has 1 rings (SSSR count). The second-order valence-corrected chi connectivity index (χ2v) is 5.80. The van der Waals surface area contributed by atoms with E-state index < -0.39 is 0 Å². The van der Waals surface area contributed by atoms with Crippen LogP contribution in [-0.4, -0.2) is 18.1 Å². The predicted octanol–water partition coefficient (Wildman–Crippen LogP) is 4.76. The van der Waals surface area contributed by atoms with E-state index in [-0.39, 0.29) is 0 Å². The zero-order valence-corrected chi connectivity index (χ0v) is 12.1. The van der Waals surface area contributed by atoms with Crippen LogP contribution in [0.15, 0.2) is 24.3 Å². The summed E-state index contributed by atoms with van der Waals surface area (Å²) < 4.78 is 0. The average molecular weight is 251 g/mol. The van der Waals surface area contributed by atoms with Gasteiger partial charge in [0.1, 0.15) is 0 Å². The number of benzene rings is 1. The molecule has 0 amide bonds. The zero-order valence-electron chi connectivity index (χ0n) is 11.3. The molecule has 17 heavy (non-hydrogen) atoms. The lowest BCUT2D eigenvalue weighted by Crippen LogP contribution is -2.02. The predicted molar refractivity (Wildman–Crippen MR) is 81.3 cm³/mol. The van der Waals surface area contributed by atoms with Gasteiger partial charge in [0.25, 0.3) is 0 Å². The second kappa shape index (κ2) is 8.46. The van der Waals surface area contributed by atoms with Crippen molar-refractivity contribution in [3.63, 3.8) is 0 Å². The molecule has 0 radical (unpaired) electrons. The van der Waals surface area contributed by atoms with Gasteiger partial charge < -0.3 is 5.32 Å². The molecule has 1 N–H and O–H groups in total. The van der Waals surface area contributed by atoms with Crippen molar-refractivity contribution in [2.75, 3.05) is 23.4 Å². The largest absolute Gasteiger partial charge is 0.385 e. The van der Waals surface area contributed by atoms with E-state index in [4.69, 9.17) is 0 Å². The van der Waals surface area contributed by atoms with Crippen molar-refractivity contribution in [1.29, 1.82) is 0 Å². The Morgan fingerprint density at radius 2 is 1.88 bits per heavy atom. The normalized spacial score (nSPS) is 12.4. The van der Waals surface area contributed by atoms with E-state index in [0.717, 1.165) is 6.54 Å². The SMILES string of the molecule is CCSCCCNc1ccc(C(C)CC)cc1. The van der Waals surface area contributed by atoms with Gasteiger partial charge in [-0.15, -0.1) is 0 Å². The Balaban J connectivity index is 2.30. The van der Waals surface area contributed by atoms with Gasteiger partial charge in [-0.25, -0.2) is 0 Å². The molecule has 0 aliphatic heterocycles. The minimum atomic E-state index is 0.671. The van der Waals surface area contributed by atoms with E-state index in [1.54, 1.807) is 0 Å². The van der Waals surface area contributed by atoms with Crippen molar-refractivity contribution in [3.05, 3.63) is 29.8 Å². The molecule has 0 fully saturated rings. The van der Waals surface area contributed by atoms with Gasteiger partial charge in [0.05, 0.1) is 0 Å². The van der Waals surface area contributed by atoms with Crippen molar-refractivity contribution in [1.82, 2.24) is 0 Å². The van der Waals surface area contributed by atoms with Crippen LogP contribution in [0.2, 0.25) is 0 Å². The zero-order chi connectivity index (χ0) is 12.5. The third-order valence-corrected chi connectivity index (χ3v) is 4.08. The summed E-state index contributed by atoms with van der Waals surface area (Å²) in [6, 6.07) is 8.90. The molecule has 0 aliphatic carbocycles. The highest BCUT2D eigenvalue weighted by Gasteiger charge is 2.01. The van der Waals surface area contributed by atoms with Gasteiger partial charge in [-0.2, -0.15) is 11.8 Å². The van der Waals surface area contributed by atoms with Crippen LogP contribution < -0.4 is 5.32 Å². The molecule has 0 saturated heterocycles. The highest BCUT2D eigenvalue weighted by Crippen LogP contribution is 2.20. The highest BCUT2D eigenvalue weighted by molar-refractivity contribution is 7.99. The quantitative estimate of drug-likeness (QED) is 0.669. The molecule has 1 unspecified atom stereocenters. The summed E-state index contributed by atoms with van der Waals surface area (Å²) >= 11 is 2.01. The fourth-order valence-electron chi connectivity index (χ4n) is 1.72. The van der Waals surface area contributed by atoms with Crippen molar-refractivity contribution >= 4 is 17.4 Å². The molecule has 1 atom stereocenters. The number of anilines is 1. The topological polar surface area (TPSA) is 12.0 Å². The van der Waals surface area contributed by atoms with Crippen molar-refractivity contribution in [2.24, 2.45) is 0 Å². The van der Waals surface area contributed by atoms with Gasteiger partial charge in [-0.05, 0) is 48.0 Å². The Labute approximate surface area is 110 Å². The van der Waals surface area contributed by atoms with Crippen LogP contribution >= 0.6 is 11.8 Å². The third kappa shape index (κ3) is 5.49. The van der Waals surface area contributed by atoms with E-state index in [1.165, 1.54) is 35.6 Å². The standard InChI is InChI=1S/C15H25NS/c1-4-13(3)14-7-9-15(10-8-14)16-11-6-12-17-5-2/h7-10,13,16H,4-6,11-12H2,1-3H3. The summed E-state index contributed by atoms with van der Waals surface area (Å²) in [5.74, 6) is 3.16. The van der Waals surface area contributed by atoms with Gasteiger partial charge in [0.2, 0.25) is 0 Å². The van der Waals surface area contributed by atoms with Crippen LogP contribution in [-0.2, 0) is 0 Å². The number of thioether (sulfide) groups is 1. The molecular weight excluding hydrogens is 226 g/mol. The molecule has 0 aromatic heterocycles. The summed E-state index contributed by atoms with van der Waals surface area (Å²) in [6.45, 7) is 7.81. The molecular formula is C15H25NS. The summed E-state index contributed by atoms with van der Waals surface area (Å²) in [6.07, 6.45) is 2.45. The first kappa shape index (κ1) is 14.4. The molecule has 96 valence electrons. The summed E-state index contributed by atoms with van der Waals surface area (Å²) in [5.41, 5.74) is 2.69. The smallest absolute Gasteiger partial charge is 0.0340 e. The van der Waals surface area contributed by atoms with Crippen molar-refractivity contribution in [3.8, 4) is 0 Å². The van der Waals surface area contributed by atoms with Crippen molar-refractivity contribution in [2.45, 2.75) is 39.5 Å². The molecule has 1 nitrogen and oxygen atoms in total. The Hall–Kier alpha value is -0.630. The lowest BCUT2D eigenvalue weighted by molar-refractivity contribution is 0.734. The molecule has 0 saturated carbocycles. The highest BCUT2D eigenvalue weighted by atomic mass is 32.2. The monoisotopic (exact) mass is 251 g/mol. The Morgan fingerprint density at radius 1 is 1.18 bits per heavy atom. The Bertz CT molecular complexity index is 294. The first-order chi connectivity index (χ1) is 8.27. The lowest BCUT2D eigenvalue weighted by Gasteiger charge is -2.11. The molecule has 0 heterocycles. The van der Waals surface area contributed by atoms with Crippen LogP contribution in [0.4, 0.5) is 5.69 Å². The molecule has 0 aliphatic rings. The van der Waals surface area contributed by atoms with Crippen molar-refractivity contribution < 1.29 is 0 Å². The van der Waals surface area contributed by atoms with Crippen LogP contribution in [0.3, 0.4) is 0 Å². The Morgan fingerprint density at radius 3 is 2.47 bits per heavy atom. The number of hydrogen-bond acceptors (Lipinski definition) is 2. The van der Waals surface area contributed by atoms with Gasteiger partial charge in [-0.3, -0.25) is 0 Å². The van der Waals surface area contributed by atoms with E-state index in [1.807, 2.05) is 11.8 Å². The third-order valence-electron chi connectivity index (χ3n) is 3.09. The minimum absolute atomic E-state index is 0.671. The molecule has 0 bridgehead atoms. The van der Waals surface area contributed by atoms with Gasteiger partial charge in [0, 0.05) is 12.2 Å². The molecule has 1 aromatic carbocycles. The fourth-order valence-corrected chi connectivity index (χ4v) is 2.35. The summed E-state index contributed by atoms with van der Waals surface area (Å²) in [4.78, 5) is 0. The maximum atomic E-state index is 3.47. The number of nitrogens with one attached hydrogen (secondary N) is 1. The van der Waals surface area contributed by atoms with Gasteiger partial charge >= 0.3 is 0 Å². The first-order valence-corrected chi connectivity index (χ1v) is 7.85. The average Bonchev–Trinajstić information content (AvgIpc) is 2.38. The summed E-state index contributed by atoms with van der Waals surface area (Å²) in [7, 11) is 0. The number of rotatable bonds is 8.